The number of aliphatic carboxylic acids is 1. The number of carbonyl (C=O) groups excluding carboxylic acids is 1. The molecule has 2 saturated heterocycles. The number of likely N-dealkylation sites (tertiary alicyclic amines) is 1. The van der Waals surface area contributed by atoms with E-state index in [0.29, 0.717) is 5.92 Å². The molecule has 2 fully saturated rings. The normalized spacial score (nSPS) is 30.0. The number of hydrogen-bond acceptors (Lipinski definition) is 9. The first-order chi connectivity index (χ1) is 24.6. The van der Waals surface area contributed by atoms with Gasteiger partial charge >= 0.3 is 13.8 Å². The molecule has 0 radical (unpaired) electrons. The van der Waals surface area contributed by atoms with E-state index in [1.807, 2.05) is 24.1 Å². The van der Waals surface area contributed by atoms with Crippen molar-refractivity contribution in [3.8, 4) is 0 Å². The summed E-state index contributed by atoms with van der Waals surface area (Å²) in [6.45, 7) is 15.3. The number of aliphatic hydroxyl groups excluding tert-OH is 2. The minimum Gasteiger partial charge on any atom is -0.478 e. The van der Waals surface area contributed by atoms with Gasteiger partial charge in [0.25, 0.3) is 0 Å². The standard InChI is InChI=1S/C20H28O2.C18H34ClN2O8PS/c1-15(8-6-9-16(2)14-19(21)22)11-12-18-17(3)10-7-13-20(18,4)5;1-5-6-10-7-11(21(3)8-10)17(24)20-12(9(2)19)15-13(22)14(23)16(18(28-15)31-4)29-30(25,26)27/h6,8-9,11-12,14H,7,10,13H2,1-5H3,(H,21,22);9-16,18,22-23H,5-8H2,1-4H3,(H,20,24)(H2,25,26,27)/b9-6+,12-11+,15-8+,16-14+;/t;9-,10+,11-,12+,13+,14-,15+,16+,18+/m.0/s1. The first-order valence-electron chi connectivity index (χ1n) is 18.2. The molecule has 0 aromatic rings. The molecule has 3 aliphatic rings. The first kappa shape index (κ1) is 47.4. The van der Waals surface area contributed by atoms with Crippen LogP contribution in [0, 0.1) is 11.3 Å². The summed E-state index contributed by atoms with van der Waals surface area (Å²) in [6.07, 6.45) is 13.6. The molecule has 3 rings (SSSR count). The highest BCUT2D eigenvalue weighted by atomic mass is 35.5. The SMILES string of the molecule is CC1=C(/C=C/C(C)=C/C=C/C(C)=C/C(=O)O)C(C)(C)CCC1.CCC[C@@H]1C[C@@H](C(=O)N[C@@H]([C@H]2O[C@H](SC)[C@H](OP(=O)(O)O)[C@@H](O)[C@H]2O)[C@H](C)Cl)N(C)C1. The Morgan fingerprint density at radius 2 is 1.85 bits per heavy atom. The fourth-order valence-electron chi connectivity index (χ4n) is 7.24. The second-order valence-corrected chi connectivity index (χ2v) is 17.9. The zero-order valence-electron chi connectivity index (χ0n) is 32.6. The van der Waals surface area contributed by atoms with Gasteiger partial charge in [-0.3, -0.25) is 14.2 Å². The molecule has 2 heterocycles. The number of aliphatic hydroxyl groups is 2. The van der Waals surface area contributed by atoms with E-state index < -0.39 is 55.1 Å². The second kappa shape index (κ2) is 21.5. The van der Waals surface area contributed by atoms with Crippen LogP contribution in [0.5, 0.6) is 0 Å². The third kappa shape index (κ3) is 15.0. The number of phosphoric acid groups is 1. The molecule has 2 aliphatic heterocycles. The van der Waals surface area contributed by atoms with E-state index in [0.717, 1.165) is 48.7 Å². The van der Waals surface area contributed by atoms with Crippen LogP contribution in [0.1, 0.15) is 87.0 Å². The Morgan fingerprint density at radius 1 is 1.19 bits per heavy atom. The lowest BCUT2D eigenvalue weighted by Crippen LogP contribution is -2.65. The van der Waals surface area contributed by atoms with E-state index in [1.165, 1.54) is 36.5 Å². The Balaban J connectivity index is 0.000000390. The second-order valence-electron chi connectivity index (χ2n) is 15.1. The van der Waals surface area contributed by atoms with Gasteiger partial charge in [-0.2, -0.15) is 0 Å². The molecular weight excluding hydrogens is 743 g/mol. The van der Waals surface area contributed by atoms with Gasteiger partial charge in [0.15, 0.2) is 0 Å². The van der Waals surface area contributed by atoms with Crippen LogP contribution in [0.2, 0.25) is 0 Å². The summed E-state index contributed by atoms with van der Waals surface area (Å²) in [4.78, 5) is 43.8. The molecule has 0 bridgehead atoms. The Labute approximate surface area is 325 Å². The van der Waals surface area contributed by atoms with Crippen LogP contribution >= 0.6 is 31.2 Å². The Bertz CT molecular complexity index is 1440. The fraction of sp³-hybridized carbons (Fsp3) is 0.684. The van der Waals surface area contributed by atoms with E-state index in [2.05, 4.69) is 56.6 Å². The topological polar surface area (TPSA) is 186 Å². The van der Waals surface area contributed by atoms with Crippen LogP contribution in [0.4, 0.5) is 0 Å². The van der Waals surface area contributed by atoms with Crippen molar-refractivity contribution >= 4 is 43.1 Å². The third-order valence-electron chi connectivity index (χ3n) is 9.99. The molecule has 0 aromatic heterocycles. The van der Waals surface area contributed by atoms with Crippen molar-refractivity contribution in [2.75, 3.05) is 19.8 Å². The average Bonchev–Trinajstić information content (AvgIpc) is 3.41. The molecule has 6 N–H and O–H groups in total. The highest BCUT2D eigenvalue weighted by molar-refractivity contribution is 7.99. The van der Waals surface area contributed by atoms with Crippen molar-refractivity contribution in [2.45, 2.75) is 134 Å². The summed E-state index contributed by atoms with van der Waals surface area (Å²) in [5, 5.41) is 32.0. The summed E-state index contributed by atoms with van der Waals surface area (Å²) in [6, 6.07) is -1.18. The monoisotopic (exact) mass is 804 g/mol. The zero-order valence-corrected chi connectivity index (χ0v) is 35.0. The minimum absolute atomic E-state index is 0.238. The van der Waals surface area contributed by atoms with E-state index in [-0.39, 0.29) is 17.4 Å². The Morgan fingerprint density at radius 3 is 2.40 bits per heavy atom. The van der Waals surface area contributed by atoms with Crippen molar-refractivity contribution in [1.29, 1.82) is 0 Å². The maximum atomic E-state index is 13.0. The van der Waals surface area contributed by atoms with Gasteiger partial charge in [0.2, 0.25) is 5.91 Å². The molecule has 0 saturated carbocycles. The minimum atomic E-state index is -4.93. The number of carboxylic acid groups (broad SMARTS) is 1. The Hall–Kier alpha value is -1.77. The van der Waals surface area contributed by atoms with Gasteiger partial charge in [-0.1, -0.05) is 68.7 Å². The average molecular weight is 805 g/mol. The number of rotatable bonds is 14. The lowest BCUT2D eigenvalue weighted by atomic mass is 9.72. The number of phosphoric ester groups is 1. The molecule has 1 amide bonds. The number of ether oxygens (including phenoxy) is 1. The molecule has 1 aliphatic carbocycles. The van der Waals surface area contributed by atoms with Crippen molar-refractivity contribution in [1.82, 2.24) is 10.2 Å². The zero-order chi connectivity index (χ0) is 40.3. The molecular formula is C38H62ClN2O10PS. The van der Waals surface area contributed by atoms with Gasteiger partial charge in [0, 0.05) is 12.6 Å². The van der Waals surface area contributed by atoms with Gasteiger partial charge in [-0.25, -0.2) is 9.36 Å². The maximum absolute atomic E-state index is 13.0. The first-order valence-corrected chi connectivity index (χ1v) is 21.4. The maximum Gasteiger partial charge on any atom is 0.470 e. The number of allylic oxidation sites excluding steroid dienone is 9. The number of halogens is 1. The lowest BCUT2D eigenvalue weighted by Gasteiger charge is -2.45. The van der Waals surface area contributed by atoms with Crippen molar-refractivity contribution in [2.24, 2.45) is 11.3 Å². The number of amides is 1. The number of nitrogens with one attached hydrogen (secondary N) is 1. The number of hydrogen-bond donors (Lipinski definition) is 6. The predicted octanol–water partition coefficient (Wildman–Crippen LogP) is 6.11. The van der Waals surface area contributed by atoms with Crippen LogP contribution in [0.3, 0.4) is 0 Å². The van der Waals surface area contributed by atoms with E-state index in [9.17, 15) is 24.4 Å². The number of alkyl halides is 1. The van der Waals surface area contributed by atoms with Crippen LogP contribution in [0.25, 0.3) is 0 Å². The van der Waals surface area contributed by atoms with Crippen LogP contribution in [0.15, 0.2) is 58.7 Å². The molecule has 0 spiro atoms. The third-order valence-corrected chi connectivity index (χ3v) is 11.6. The van der Waals surface area contributed by atoms with Crippen molar-refractivity contribution in [3.63, 3.8) is 0 Å². The Kier molecular flexibility index (Phi) is 19.2. The number of nitrogens with zero attached hydrogens (tertiary/aromatic N) is 1. The molecule has 53 heavy (non-hydrogen) atoms. The van der Waals surface area contributed by atoms with Crippen LogP contribution < -0.4 is 5.32 Å². The molecule has 15 heteroatoms. The van der Waals surface area contributed by atoms with Crippen LogP contribution in [-0.2, 0) is 23.4 Å². The molecule has 0 unspecified atom stereocenters. The number of likely N-dealkylation sites (N-methyl/N-ethyl adjacent to an activating group) is 1. The van der Waals surface area contributed by atoms with Gasteiger partial charge in [0.05, 0.1) is 17.5 Å². The van der Waals surface area contributed by atoms with E-state index in [4.69, 9.17) is 31.2 Å². The van der Waals surface area contributed by atoms with Crippen molar-refractivity contribution in [3.05, 3.63) is 58.7 Å². The quantitative estimate of drug-likeness (QED) is 0.0513. The number of carboxylic acids is 1. The lowest BCUT2D eigenvalue weighted by molar-refractivity contribution is -0.201. The fourth-order valence-corrected chi connectivity index (χ4v) is 8.81. The summed E-state index contributed by atoms with van der Waals surface area (Å²) < 4.78 is 21.7. The van der Waals surface area contributed by atoms with E-state index in [1.54, 1.807) is 26.2 Å². The van der Waals surface area contributed by atoms with Gasteiger partial charge in [0.1, 0.15) is 29.9 Å². The number of thioether (sulfide) groups is 1. The largest absolute Gasteiger partial charge is 0.478 e. The molecule has 9 atom stereocenters. The van der Waals surface area contributed by atoms with Gasteiger partial charge < -0.3 is 35.2 Å². The summed E-state index contributed by atoms with van der Waals surface area (Å²) >= 11 is 7.38. The summed E-state index contributed by atoms with van der Waals surface area (Å²) in [5.74, 6) is -0.717. The molecule has 0 aromatic carbocycles. The summed E-state index contributed by atoms with van der Waals surface area (Å²) in [5.41, 5.74) is 4.10. The van der Waals surface area contributed by atoms with Crippen LogP contribution in [-0.4, -0.2) is 109 Å². The van der Waals surface area contributed by atoms with Gasteiger partial charge in [-0.15, -0.1) is 23.4 Å². The smallest absolute Gasteiger partial charge is 0.470 e. The highest BCUT2D eigenvalue weighted by Gasteiger charge is 2.51. The van der Waals surface area contributed by atoms with E-state index >= 15 is 0 Å². The predicted molar refractivity (Wildman–Crippen MR) is 212 cm³/mol. The van der Waals surface area contributed by atoms with Crippen molar-refractivity contribution < 1.29 is 48.5 Å². The van der Waals surface area contributed by atoms with Gasteiger partial charge in [-0.05, 0) is 95.6 Å². The number of carbonyl (C=O) groups is 2. The highest BCUT2D eigenvalue weighted by Crippen LogP contribution is 2.44. The molecule has 12 nitrogen and oxygen atoms in total. The molecule has 302 valence electrons. The summed E-state index contributed by atoms with van der Waals surface area (Å²) in [7, 11) is -3.04.